The van der Waals surface area contributed by atoms with Crippen LogP contribution in [0.5, 0.6) is 11.5 Å². The van der Waals surface area contributed by atoms with Crippen LogP contribution in [0.4, 0.5) is 0 Å². The number of carboxylic acids is 1. The van der Waals surface area contributed by atoms with Crippen molar-refractivity contribution in [2.24, 2.45) is 4.99 Å². The van der Waals surface area contributed by atoms with Crippen LogP contribution < -0.4 is 9.47 Å². The fourth-order valence-electron chi connectivity index (χ4n) is 3.05. The lowest BCUT2D eigenvalue weighted by molar-refractivity contribution is -0.139. The highest BCUT2D eigenvalue weighted by molar-refractivity contribution is 6.32. The van der Waals surface area contributed by atoms with Crippen LogP contribution in [0, 0.1) is 0 Å². The second-order valence-electron chi connectivity index (χ2n) is 7.19. The molecule has 0 unspecified atom stereocenters. The summed E-state index contributed by atoms with van der Waals surface area (Å²) < 4.78 is 16.5. The van der Waals surface area contributed by atoms with Gasteiger partial charge in [0.05, 0.1) is 10.4 Å². The number of aliphatic carboxylic acids is 1. The van der Waals surface area contributed by atoms with Crippen LogP contribution in [0.15, 0.2) is 70.3 Å². The second kappa shape index (κ2) is 11.9. The summed E-state index contributed by atoms with van der Waals surface area (Å²) >= 11 is 6.18. The Morgan fingerprint density at radius 3 is 2.76 bits per heavy atom. The number of allylic oxidation sites excluding steroid dienone is 1. The van der Waals surface area contributed by atoms with Crippen molar-refractivity contribution >= 4 is 40.5 Å². The molecule has 3 rings (SSSR count). The first-order chi connectivity index (χ1) is 16.0. The fourth-order valence-corrected chi connectivity index (χ4v) is 3.26. The van der Waals surface area contributed by atoms with E-state index in [1.54, 1.807) is 18.2 Å². The zero-order chi connectivity index (χ0) is 23.6. The lowest BCUT2D eigenvalue weighted by Crippen LogP contribution is -2.09. The van der Waals surface area contributed by atoms with Gasteiger partial charge in [-0.15, -0.1) is 0 Å². The molecular formula is C25H25ClN2O5. The van der Waals surface area contributed by atoms with Crippen LogP contribution in [0.25, 0.3) is 17.0 Å². The number of hydrogen-bond acceptors (Lipinski definition) is 6. The van der Waals surface area contributed by atoms with E-state index < -0.39 is 12.6 Å². The molecule has 0 saturated heterocycles. The number of aliphatic imine (C=N–C) groups is 1. The summed E-state index contributed by atoms with van der Waals surface area (Å²) in [7, 11) is 0. The zero-order valence-corrected chi connectivity index (χ0v) is 19.0. The molecular weight excluding hydrogens is 444 g/mol. The fraction of sp³-hybridized carbons (Fsp3) is 0.240. The smallest absolute Gasteiger partial charge is 0.341 e. The van der Waals surface area contributed by atoms with Crippen molar-refractivity contribution in [3.05, 3.63) is 71.5 Å². The number of fused-ring (bicyclic) bond motifs is 1. The topological polar surface area (TPSA) is 94.2 Å². The Morgan fingerprint density at radius 1 is 1.27 bits per heavy atom. The van der Waals surface area contributed by atoms with Gasteiger partial charge < -0.3 is 19.1 Å². The van der Waals surface area contributed by atoms with E-state index in [0.29, 0.717) is 34.7 Å². The van der Waals surface area contributed by atoms with Gasteiger partial charge in [0.2, 0.25) is 5.90 Å². The number of ether oxygens (including phenoxy) is 2. The van der Waals surface area contributed by atoms with Crippen LogP contribution in [-0.2, 0) is 4.79 Å². The minimum Gasteiger partial charge on any atom is -0.480 e. The van der Waals surface area contributed by atoms with Crippen LogP contribution in [0.3, 0.4) is 0 Å². The lowest BCUT2D eigenvalue weighted by atomic mass is 10.1. The molecule has 0 fully saturated rings. The molecule has 0 radical (unpaired) electrons. The van der Waals surface area contributed by atoms with Crippen molar-refractivity contribution in [1.29, 1.82) is 0 Å². The number of rotatable bonds is 11. The van der Waals surface area contributed by atoms with E-state index in [1.807, 2.05) is 36.4 Å². The van der Waals surface area contributed by atoms with Gasteiger partial charge in [-0.3, -0.25) is 0 Å². The molecule has 0 aliphatic carbocycles. The van der Waals surface area contributed by atoms with E-state index in [9.17, 15) is 4.79 Å². The van der Waals surface area contributed by atoms with Crippen molar-refractivity contribution in [3.63, 3.8) is 0 Å². The van der Waals surface area contributed by atoms with Crippen molar-refractivity contribution in [3.8, 4) is 11.5 Å². The minimum absolute atomic E-state index is 0.236. The third kappa shape index (κ3) is 6.95. The van der Waals surface area contributed by atoms with E-state index in [-0.39, 0.29) is 10.8 Å². The molecule has 2 aromatic carbocycles. The first-order valence-corrected chi connectivity index (χ1v) is 11.0. The SMILES string of the molecule is C=CC(=N/C(=C/c1noc2cc(Cl)c(OCC(=O)O)cc12)CCCCC)Oc1ccccc1. The number of halogens is 1. The molecule has 1 N–H and O–H groups in total. The van der Waals surface area contributed by atoms with Crippen molar-refractivity contribution in [2.45, 2.75) is 32.6 Å². The highest BCUT2D eigenvalue weighted by atomic mass is 35.5. The molecule has 0 aliphatic heterocycles. The number of nitrogens with zero attached hydrogens (tertiary/aromatic N) is 2. The van der Waals surface area contributed by atoms with E-state index >= 15 is 0 Å². The quantitative estimate of drug-likeness (QED) is 0.195. The van der Waals surface area contributed by atoms with Gasteiger partial charge in [-0.25, -0.2) is 9.79 Å². The molecule has 0 atom stereocenters. The van der Waals surface area contributed by atoms with Gasteiger partial charge in [0, 0.05) is 11.8 Å². The maximum Gasteiger partial charge on any atom is 0.341 e. The Hall–Kier alpha value is -3.58. The Bertz CT molecular complexity index is 1170. The molecule has 1 heterocycles. The van der Waals surface area contributed by atoms with E-state index in [4.69, 9.17) is 30.7 Å². The number of para-hydroxylation sites is 1. The van der Waals surface area contributed by atoms with E-state index in [2.05, 4.69) is 23.7 Å². The van der Waals surface area contributed by atoms with Gasteiger partial charge in [-0.2, -0.15) is 0 Å². The number of carbonyl (C=O) groups is 1. The largest absolute Gasteiger partial charge is 0.480 e. The van der Waals surface area contributed by atoms with Crippen molar-refractivity contribution < 1.29 is 23.9 Å². The average molecular weight is 469 g/mol. The standard InChI is InChI=1S/C25H25ClN2O5/c1-3-5-7-10-17(27-24(4-2)32-18-11-8-6-9-12-18)13-21-19-14-23(31-16-25(29)30)20(26)15-22(19)33-28-21/h4,6,8-9,11-15H,2-3,5,7,10,16H2,1H3,(H,29,30)/b17-13+,27-24?. The number of benzene rings is 2. The minimum atomic E-state index is -1.10. The third-order valence-corrected chi connectivity index (χ3v) is 4.93. The third-order valence-electron chi connectivity index (χ3n) is 4.64. The molecule has 0 saturated carbocycles. The van der Waals surface area contributed by atoms with E-state index in [0.717, 1.165) is 25.0 Å². The van der Waals surface area contributed by atoms with Gasteiger partial charge in [-0.05, 0) is 43.2 Å². The van der Waals surface area contributed by atoms with Gasteiger partial charge in [0.1, 0.15) is 17.2 Å². The first-order valence-electron chi connectivity index (χ1n) is 10.6. The monoisotopic (exact) mass is 468 g/mol. The molecule has 7 nitrogen and oxygen atoms in total. The Morgan fingerprint density at radius 2 is 2.06 bits per heavy atom. The molecule has 0 spiro atoms. The van der Waals surface area contributed by atoms with Gasteiger partial charge >= 0.3 is 5.97 Å². The molecule has 0 bridgehead atoms. The first kappa shape index (κ1) is 24.1. The molecule has 172 valence electrons. The summed E-state index contributed by atoms with van der Waals surface area (Å²) in [6.45, 7) is 5.44. The van der Waals surface area contributed by atoms with Crippen molar-refractivity contribution in [2.75, 3.05) is 6.61 Å². The zero-order valence-electron chi connectivity index (χ0n) is 18.3. The van der Waals surface area contributed by atoms with Crippen LogP contribution in [0.1, 0.15) is 38.3 Å². The second-order valence-corrected chi connectivity index (χ2v) is 7.60. The summed E-state index contributed by atoms with van der Waals surface area (Å²) in [5.41, 5.74) is 1.72. The molecule has 0 amide bonds. The Balaban J connectivity index is 1.96. The summed E-state index contributed by atoms with van der Waals surface area (Å²) in [5.74, 6) is 0.162. The summed E-state index contributed by atoms with van der Waals surface area (Å²) in [6.07, 6.45) is 7.14. The van der Waals surface area contributed by atoms with Crippen LogP contribution >= 0.6 is 11.6 Å². The normalized spacial score (nSPS) is 12.1. The summed E-state index contributed by atoms with van der Waals surface area (Å²) in [5, 5.41) is 13.9. The molecule has 3 aromatic rings. The maximum absolute atomic E-state index is 10.9. The average Bonchev–Trinajstić information content (AvgIpc) is 3.18. The van der Waals surface area contributed by atoms with Crippen LogP contribution in [-0.4, -0.2) is 28.7 Å². The number of hydrogen-bond donors (Lipinski definition) is 1. The molecule has 8 heteroatoms. The number of aromatic nitrogens is 1. The lowest BCUT2D eigenvalue weighted by Gasteiger charge is -2.08. The summed E-state index contributed by atoms with van der Waals surface area (Å²) in [6, 6.07) is 12.5. The molecule has 0 aliphatic rings. The maximum atomic E-state index is 10.9. The molecule has 33 heavy (non-hydrogen) atoms. The Labute approximate surface area is 197 Å². The number of unbranched alkanes of at least 4 members (excludes halogenated alkanes) is 2. The predicted octanol–water partition coefficient (Wildman–Crippen LogP) is 6.53. The number of carboxylic acid groups (broad SMARTS) is 1. The summed E-state index contributed by atoms with van der Waals surface area (Å²) in [4.78, 5) is 15.5. The Kier molecular flexibility index (Phi) is 8.66. The molecule has 1 aromatic heterocycles. The van der Waals surface area contributed by atoms with Gasteiger partial charge in [0.25, 0.3) is 0 Å². The predicted molar refractivity (Wildman–Crippen MR) is 129 cm³/mol. The van der Waals surface area contributed by atoms with Crippen LogP contribution in [0.2, 0.25) is 5.02 Å². The van der Waals surface area contributed by atoms with Crippen molar-refractivity contribution in [1.82, 2.24) is 5.16 Å². The highest BCUT2D eigenvalue weighted by Crippen LogP contribution is 2.33. The highest BCUT2D eigenvalue weighted by Gasteiger charge is 2.14. The van der Waals surface area contributed by atoms with E-state index in [1.165, 1.54) is 0 Å². The van der Waals surface area contributed by atoms with Gasteiger partial charge in [0.15, 0.2) is 12.2 Å². The van der Waals surface area contributed by atoms with Gasteiger partial charge in [-0.1, -0.05) is 61.3 Å².